The van der Waals surface area contributed by atoms with E-state index in [9.17, 15) is 0 Å². The van der Waals surface area contributed by atoms with Gasteiger partial charge in [0.25, 0.3) is 0 Å². The van der Waals surface area contributed by atoms with Crippen LogP contribution in [0, 0.1) is 25.2 Å². The topological polar surface area (TPSA) is 64.8 Å². The van der Waals surface area contributed by atoms with Gasteiger partial charge < -0.3 is 10.2 Å². The Bertz CT molecular complexity index is 941. The molecule has 0 unspecified atom stereocenters. The summed E-state index contributed by atoms with van der Waals surface area (Å²) in [5.74, 6) is 2.27. The number of hydrogen-bond acceptors (Lipinski definition) is 5. The third-order valence-corrected chi connectivity index (χ3v) is 4.02. The molecule has 0 bridgehead atoms. The van der Waals surface area contributed by atoms with Crippen LogP contribution in [-0.2, 0) is 0 Å². The van der Waals surface area contributed by atoms with Gasteiger partial charge in [0.2, 0.25) is 0 Å². The minimum atomic E-state index is 0.631. The summed E-state index contributed by atoms with van der Waals surface area (Å²) in [7, 11) is 0. The lowest BCUT2D eigenvalue weighted by molar-refractivity contribution is 0.952. The van der Waals surface area contributed by atoms with Gasteiger partial charge in [-0.25, -0.2) is 9.97 Å². The molecule has 0 saturated heterocycles. The van der Waals surface area contributed by atoms with Gasteiger partial charge in [-0.2, -0.15) is 5.26 Å². The fraction of sp³-hybridized carbons (Fsp3) is 0.190. The van der Waals surface area contributed by atoms with E-state index in [0.29, 0.717) is 11.4 Å². The maximum Gasteiger partial charge on any atom is 0.138 e. The standard InChI is InChI=1S/C21H21N5/c1-4-26(19-7-5-6-15(2)12-19)21-13-20(23-16(3)24-21)25-18-10-8-17(14-22)9-11-18/h5-13H,4H2,1-3H3,(H,23,24,25). The molecular weight excluding hydrogens is 322 g/mol. The van der Waals surface area contributed by atoms with Gasteiger partial charge in [0.15, 0.2) is 0 Å². The molecule has 0 aliphatic rings. The molecule has 0 saturated carbocycles. The largest absolute Gasteiger partial charge is 0.340 e. The number of hydrogen-bond donors (Lipinski definition) is 1. The minimum Gasteiger partial charge on any atom is -0.340 e. The lowest BCUT2D eigenvalue weighted by atomic mass is 10.2. The molecule has 1 heterocycles. The summed E-state index contributed by atoms with van der Waals surface area (Å²) >= 11 is 0. The van der Waals surface area contributed by atoms with Crippen molar-refractivity contribution in [1.29, 1.82) is 5.26 Å². The van der Waals surface area contributed by atoms with Crippen LogP contribution in [-0.4, -0.2) is 16.5 Å². The molecule has 26 heavy (non-hydrogen) atoms. The Labute approximate surface area is 154 Å². The molecule has 1 N–H and O–H groups in total. The highest BCUT2D eigenvalue weighted by molar-refractivity contribution is 5.66. The molecular formula is C21H21N5. The third kappa shape index (κ3) is 3.98. The normalized spacial score (nSPS) is 10.2. The molecule has 130 valence electrons. The number of rotatable bonds is 5. The van der Waals surface area contributed by atoms with Gasteiger partial charge in [-0.15, -0.1) is 0 Å². The minimum absolute atomic E-state index is 0.631. The van der Waals surface area contributed by atoms with Crippen molar-refractivity contribution in [3.05, 3.63) is 71.5 Å². The van der Waals surface area contributed by atoms with Crippen molar-refractivity contribution in [3.63, 3.8) is 0 Å². The summed E-state index contributed by atoms with van der Waals surface area (Å²) in [6, 6.07) is 19.7. The van der Waals surface area contributed by atoms with E-state index in [0.717, 1.165) is 29.6 Å². The molecule has 3 rings (SSSR count). The summed E-state index contributed by atoms with van der Waals surface area (Å²) in [5, 5.41) is 12.2. The smallest absolute Gasteiger partial charge is 0.138 e. The second-order valence-corrected chi connectivity index (χ2v) is 6.06. The van der Waals surface area contributed by atoms with E-state index in [4.69, 9.17) is 5.26 Å². The van der Waals surface area contributed by atoms with Gasteiger partial charge in [-0.05, 0) is 62.7 Å². The number of nitrogens with zero attached hydrogens (tertiary/aromatic N) is 4. The van der Waals surface area contributed by atoms with E-state index in [1.54, 1.807) is 12.1 Å². The van der Waals surface area contributed by atoms with Crippen molar-refractivity contribution in [2.75, 3.05) is 16.8 Å². The lowest BCUT2D eigenvalue weighted by Gasteiger charge is -2.23. The zero-order valence-corrected chi connectivity index (χ0v) is 15.2. The maximum absolute atomic E-state index is 8.91. The zero-order valence-electron chi connectivity index (χ0n) is 15.2. The lowest BCUT2D eigenvalue weighted by Crippen LogP contribution is -2.18. The first-order valence-electron chi connectivity index (χ1n) is 8.56. The summed E-state index contributed by atoms with van der Waals surface area (Å²) < 4.78 is 0. The van der Waals surface area contributed by atoms with E-state index in [1.165, 1.54) is 5.56 Å². The predicted molar refractivity (Wildman–Crippen MR) is 105 cm³/mol. The van der Waals surface area contributed by atoms with Gasteiger partial charge in [0, 0.05) is 24.0 Å². The Hall–Kier alpha value is -3.39. The van der Waals surface area contributed by atoms with Gasteiger partial charge in [-0.1, -0.05) is 12.1 Å². The molecule has 3 aromatic rings. The number of nitriles is 1. The van der Waals surface area contributed by atoms with Gasteiger partial charge >= 0.3 is 0 Å². The molecule has 0 radical (unpaired) electrons. The van der Waals surface area contributed by atoms with Crippen molar-refractivity contribution < 1.29 is 0 Å². The molecule has 5 heteroatoms. The second-order valence-electron chi connectivity index (χ2n) is 6.06. The Balaban J connectivity index is 1.92. The van der Waals surface area contributed by atoms with E-state index >= 15 is 0 Å². The number of anilines is 4. The van der Waals surface area contributed by atoms with Crippen molar-refractivity contribution >= 4 is 23.0 Å². The number of aryl methyl sites for hydroxylation is 2. The Morgan fingerprint density at radius 3 is 2.46 bits per heavy atom. The van der Waals surface area contributed by atoms with Gasteiger partial charge in [0.1, 0.15) is 17.5 Å². The molecule has 2 aromatic carbocycles. The average Bonchev–Trinajstić information content (AvgIpc) is 2.63. The fourth-order valence-corrected chi connectivity index (χ4v) is 2.80. The maximum atomic E-state index is 8.91. The average molecular weight is 343 g/mol. The quantitative estimate of drug-likeness (QED) is 0.716. The molecule has 1 aromatic heterocycles. The monoisotopic (exact) mass is 343 g/mol. The van der Waals surface area contributed by atoms with Crippen LogP contribution in [0.3, 0.4) is 0 Å². The highest BCUT2D eigenvalue weighted by Gasteiger charge is 2.11. The van der Waals surface area contributed by atoms with Crippen molar-refractivity contribution in [2.45, 2.75) is 20.8 Å². The van der Waals surface area contributed by atoms with Crippen LogP contribution < -0.4 is 10.2 Å². The highest BCUT2D eigenvalue weighted by Crippen LogP contribution is 2.27. The Morgan fingerprint density at radius 2 is 1.81 bits per heavy atom. The summed E-state index contributed by atoms with van der Waals surface area (Å²) in [4.78, 5) is 11.3. The summed E-state index contributed by atoms with van der Waals surface area (Å²) in [5.41, 5.74) is 3.83. The van der Waals surface area contributed by atoms with E-state index in [-0.39, 0.29) is 0 Å². The highest BCUT2D eigenvalue weighted by atomic mass is 15.2. The van der Waals surface area contributed by atoms with Crippen LogP contribution in [0.15, 0.2) is 54.6 Å². The molecule has 0 atom stereocenters. The van der Waals surface area contributed by atoms with Crippen molar-refractivity contribution in [3.8, 4) is 6.07 Å². The van der Waals surface area contributed by atoms with Gasteiger partial charge in [-0.3, -0.25) is 0 Å². The fourth-order valence-electron chi connectivity index (χ4n) is 2.80. The number of aromatic nitrogens is 2. The predicted octanol–water partition coefficient (Wildman–Crippen LogP) is 4.87. The molecule has 0 spiro atoms. The molecule has 0 fully saturated rings. The van der Waals surface area contributed by atoms with Crippen LogP contribution in [0.25, 0.3) is 0 Å². The van der Waals surface area contributed by atoms with E-state index < -0.39 is 0 Å². The van der Waals surface area contributed by atoms with Crippen LogP contribution in [0.2, 0.25) is 0 Å². The SMILES string of the molecule is CCN(c1cccc(C)c1)c1cc(Nc2ccc(C#N)cc2)nc(C)n1. The van der Waals surface area contributed by atoms with Crippen LogP contribution in [0.1, 0.15) is 23.9 Å². The molecule has 0 amide bonds. The first kappa shape index (κ1) is 17.4. The molecule has 0 aliphatic heterocycles. The number of benzene rings is 2. The van der Waals surface area contributed by atoms with Crippen LogP contribution >= 0.6 is 0 Å². The number of nitrogens with one attached hydrogen (secondary N) is 1. The first-order valence-corrected chi connectivity index (χ1v) is 8.56. The zero-order chi connectivity index (χ0) is 18.5. The second kappa shape index (κ2) is 7.66. The summed E-state index contributed by atoms with van der Waals surface area (Å²) in [6.45, 7) is 6.88. The van der Waals surface area contributed by atoms with Crippen LogP contribution in [0.5, 0.6) is 0 Å². The van der Waals surface area contributed by atoms with Crippen LogP contribution in [0.4, 0.5) is 23.0 Å². The Kier molecular flexibility index (Phi) is 5.14. The third-order valence-electron chi connectivity index (χ3n) is 4.02. The van der Waals surface area contributed by atoms with Gasteiger partial charge in [0.05, 0.1) is 11.6 Å². The summed E-state index contributed by atoms with van der Waals surface area (Å²) in [6.07, 6.45) is 0. The van der Waals surface area contributed by atoms with E-state index in [1.807, 2.05) is 25.1 Å². The molecule has 0 aliphatic carbocycles. The van der Waals surface area contributed by atoms with Crippen molar-refractivity contribution in [1.82, 2.24) is 9.97 Å². The van der Waals surface area contributed by atoms with E-state index in [2.05, 4.69) is 64.4 Å². The van der Waals surface area contributed by atoms with Crippen molar-refractivity contribution in [2.24, 2.45) is 0 Å². The molecule has 5 nitrogen and oxygen atoms in total. The Morgan fingerprint density at radius 1 is 1.04 bits per heavy atom. The first-order chi connectivity index (χ1) is 12.6.